The zero-order valence-corrected chi connectivity index (χ0v) is 11.3. The van der Waals surface area contributed by atoms with E-state index in [1.165, 1.54) is 12.8 Å². The van der Waals surface area contributed by atoms with E-state index in [-0.39, 0.29) is 0 Å². The van der Waals surface area contributed by atoms with Crippen molar-refractivity contribution in [2.45, 2.75) is 43.8 Å². The van der Waals surface area contributed by atoms with Crippen LogP contribution < -0.4 is 10.6 Å². The molecule has 2 fully saturated rings. The zero-order chi connectivity index (χ0) is 13.5. The fourth-order valence-corrected chi connectivity index (χ4v) is 3.63. The van der Waals surface area contributed by atoms with E-state index in [4.69, 9.17) is 5.73 Å². The first-order chi connectivity index (χ1) is 9.83. The maximum Gasteiger partial charge on any atom is 0.250 e. The average molecular weight is 270 g/mol. The molecule has 2 N–H and O–H groups in total. The van der Waals surface area contributed by atoms with Gasteiger partial charge in [0.05, 0.1) is 5.69 Å². The molecule has 2 aliphatic heterocycles. The van der Waals surface area contributed by atoms with Gasteiger partial charge in [-0.25, -0.2) is 0 Å². The molecular weight excluding hydrogens is 252 g/mol. The lowest BCUT2D eigenvalue weighted by atomic mass is 9.99. The lowest BCUT2D eigenvalue weighted by Gasteiger charge is -2.37. The highest BCUT2D eigenvalue weighted by atomic mass is 15.6. The number of hydrogen-bond acceptors (Lipinski definition) is 5. The molecule has 1 aromatic heterocycles. The summed E-state index contributed by atoms with van der Waals surface area (Å²) < 4.78 is 1.84. The molecule has 2 bridgehead atoms. The first-order valence-electron chi connectivity index (χ1n) is 7.20. The summed E-state index contributed by atoms with van der Waals surface area (Å²) >= 11 is 0. The normalized spacial score (nSPS) is 28.9. The van der Waals surface area contributed by atoms with Gasteiger partial charge in [0.1, 0.15) is 0 Å². The van der Waals surface area contributed by atoms with Crippen molar-refractivity contribution in [3.05, 3.63) is 30.3 Å². The fraction of sp³-hybridized carbons (Fsp3) is 0.500. The number of aromatic nitrogens is 4. The van der Waals surface area contributed by atoms with Gasteiger partial charge in [0.15, 0.2) is 0 Å². The molecular formula is C14H18N6. The highest BCUT2D eigenvalue weighted by molar-refractivity contribution is 5.44. The molecule has 3 heterocycles. The van der Waals surface area contributed by atoms with Gasteiger partial charge in [0.25, 0.3) is 5.95 Å². The number of benzene rings is 1. The summed E-state index contributed by atoms with van der Waals surface area (Å²) in [5.74, 6) is 0.857. The molecule has 2 aromatic rings. The maximum atomic E-state index is 6.14. The number of nitrogens with two attached hydrogens (primary N) is 1. The number of hydrogen-bond donors (Lipinski definition) is 1. The molecule has 2 aliphatic rings. The lowest BCUT2D eigenvalue weighted by molar-refractivity contribution is 0.407. The predicted molar refractivity (Wildman–Crippen MR) is 75.7 cm³/mol. The molecule has 104 valence electrons. The van der Waals surface area contributed by atoms with Crippen LogP contribution in [0.2, 0.25) is 0 Å². The van der Waals surface area contributed by atoms with E-state index in [0.717, 1.165) is 24.5 Å². The number of nitrogens with zero attached hydrogens (tertiary/aromatic N) is 5. The second-order valence-electron chi connectivity index (χ2n) is 5.75. The van der Waals surface area contributed by atoms with Gasteiger partial charge in [-0.1, -0.05) is 23.3 Å². The summed E-state index contributed by atoms with van der Waals surface area (Å²) in [6.45, 7) is 0. The van der Waals surface area contributed by atoms with Crippen molar-refractivity contribution in [2.24, 2.45) is 5.73 Å². The Kier molecular flexibility index (Phi) is 2.70. The average Bonchev–Trinajstić information content (AvgIpc) is 3.03. The molecule has 0 amide bonds. The lowest BCUT2D eigenvalue weighted by Crippen LogP contribution is -2.48. The van der Waals surface area contributed by atoms with Crippen molar-refractivity contribution in [1.29, 1.82) is 0 Å². The van der Waals surface area contributed by atoms with Crippen LogP contribution in [0.5, 0.6) is 0 Å². The van der Waals surface area contributed by atoms with Gasteiger partial charge >= 0.3 is 0 Å². The number of rotatable bonds is 2. The van der Waals surface area contributed by atoms with E-state index in [0.29, 0.717) is 18.1 Å². The number of fused-ring (bicyclic) bond motifs is 2. The molecule has 2 unspecified atom stereocenters. The van der Waals surface area contributed by atoms with Crippen molar-refractivity contribution in [3.63, 3.8) is 0 Å². The highest BCUT2D eigenvalue weighted by Crippen LogP contribution is 2.38. The fourth-order valence-electron chi connectivity index (χ4n) is 3.63. The number of piperidine rings is 1. The minimum absolute atomic E-state index is 0.324. The Bertz CT molecular complexity index is 581. The Morgan fingerprint density at radius 3 is 2.45 bits per heavy atom. The van der Waals surface area contributed by atoms with Crippen LogP contribution >= 0.6 is 0 Å². The summed E-state index contributed by atoms with van der Waals surface area (Å²) in [6, 6.07) is 11.3. The van der Waals surface area contributed by atoms with E-state index in [1.807, 2.05) is 35.0 Å². The summed E-state index contributed by atoms with van der Waals surface area (Å²) in [5.41, 5.74) is 7.14. The van der Waals surface area contributed by atoms with E-state index in [9.17, 15) is 0 Å². The van der Waals surface area contributed by atoms with Gasteiger partial charge in [-0.3, -0.25) is 0 Å². The number of anilines is 1. The van der Waals surface area contributed by atoms with Crippen molar-refractivity contribution < 1.29 is 0 Å². The van der Waals surface area contributed by atoms with Crippen LogP contribution in [0.25, 0.3) is 5.69 Å². The number of tetrazole rings is 1. The van der Waals surface area contributed by atoms with Gasteiger partial charge < -0.3 is 10.6 Å². The molecule has 6 nitrogen and oxygen atoms in total. The molecule has 0 aliphatic carbocycles. The Labute approximate surface area is 117 Å². The van der Waals surface area contributed by atoms with Crippen LogP contribution in [0.1, 0.15) is 25.7 Å². The third kappa shape index (κ3) is 1.79. The highest BCUT2D eigenvalue weighted by Gasteiger charge is 2.42. The molecule has 6 heteroatoms. The first-order valence-corrected chi connectivity index (χ1v) is 7.20. The summed E-state index contributed by atoms with van der Waals surface area (Å²) in [4.78, 5) is 2.39. The van der Waals surface area contributed by atoms with Gasteiger partial charge in [-0.15, -0.1) is 0 Å². The van der Waals surface area contributed by atoms with Gasteiger partial charge in [0, 0.05) is 18.1 Å². The van der Waals surface area contributed by atoms with Crippen LogP contribution in [0.15, 0.2) is 30.3 Å². The standard InChI is InChI=1S/C14H18N6/c15-10-8-12-6-7-13(9-10)19(12)14-16-17-18-20(14)11-4-2-1-3-5-11/h1-5,10,12-13H,6-9,15H2. The maximum absolute atomic E-state index is 6.14. The Morgan fingerprint density at radius 2 is 1.75 bits per heavy atom. The second-order valence-corrected chi connectivity index (χ2v) is 5.75. The third-order valence-corrected chi connectivity index (χ3v) is 4.45. The molecule has 20 heavy (non-hydrogen) atoms. The van der Waals surface area contributed by atoms with E-state index < -0.39 is 0 Å². The zero-order valence-electron chi connectivity index (χ0n) is 11.3. The van der Waals surface area contributed by atoms with Crippen molar-refractivity contribution in [2.75, 3.05) is 4.90 Å². The third-order valence-electron chi connectivity index (χ3n) is 4.45. The monoisotopic (exact) mass is 270 g/mol. The van der Waals surface area contributed by atoms with Crippen LogP contribution in [-0.2, 0) is 0 Å². The summed E-state index contributed by atoms with van der Waals surface area (Å²) in [6.07, 6.45) is 4.47. The van der Waals surface area contributed by atoms with Crippen molar-refractivity contribution >= 4 is 5.95 Å². The Morgan fingerprint density at radius 1 is 1.05 bits per heavy atom. The molecule has 4 rings (SSSR count). The Balaban J connectivity index is 1.72. The molecule has 0 spiro atoms. The molecule has 0 saturated carbocycles. The van der Waals surface area contributed by atoms with E-state index in [2.05, 4.69) is 20.4 Å². The Hall–Kier alpha value is -1.95. The van der Waals surface area contributed by atoms with Crippen molar-refractivity contribution in [3.8, 4) is 5.69 Å². The van der Waals surface area contributed by atoms with E-state index >= 15 is 0 Å². The predicted octanol–water partition coefficient (Wildman–Crippen LogP) is 1.12. The largest absolute Gasteiger partial charge is 0.333 e. The molecule has 2 saturated heterocycles. The topological polar surface area (TPSA) is 72.9 Å². The first kappa shape index (κ1) is 11.8. The SMILES string of the molecule is NC1CC2CCC(C1)N2c1nnnn1-c1ccccc1. The van der Waals surface area contributed by atoms with Crippen LogP contribution in [-0.4, -0.2) is 38.3 Å². The molecule has 2 atom stereocenters. The van der Waals surface area contributed by atoms with Crippen LogP contribution in [0, 0.1) is 0 Å². The van der Waals surface area contributed by atoms with Crippen LogP contribution in [0.4, 0.5) is 5.95 Å². The summed E-state index contributed by atoms with van der Waals surface area (Å²) in [7, 11) is 0. The quantitative estimate of drug-likeness (QED) is 0.885. The van der Waals surface area contributed by atoms with Crippen LogP contribution in [0.3, 0.4) is 0 Å². The van der Waals surface area contributed by atoms with E-state index in [1.54, 1.807) is 0 Å². The summed E-state index contributed by atoms with van der Waals surface area (Å²) in [5, 5.41) is 12.3. The van der Waals surface area contributed by atoms with Crippen molar-refractivity contribution in [1.82, 2.24) is 20.2 Å². The molecule has 0 radical (unpaired) electrons. The van der Waals surface area contributed by atoms with Gasteiger partial charge in [-0.2, -0.15) is 4.68 Å². The minimum Gasteiger partial charge on any atom is -0.333 e. The minimum atomic E-state index is 0.324. The number of para-hydroxylation sites is 1. The smallest absolute Gasteiger partial charge is 0.250 e. The van der Waals surface area contributed by atoms with Gasteiger partial charge in [0.2, 0.25) is 0 Å². The molecule has 1 aromatic carbocycles. The second kappa shape index (κ2) is 4.56. The van der Waals surface area contributed by atoms with Gasteiger partial charge in [-0.05, 0) is 48.2 Å².